The van der Waals surface area contributed by atoms with Crippen molar-refractivity contribution in [2.75, 3.05) is 33.2 Å². The minimum atomic E-state index is 0.0919. The van der Waals surface area contributed by atoms with E-state index < -0.39 is 0 Å². The molecule has 1 aliphatic carbocycles. The third-order valence-corrected chi connectivity index (χ3v) is 6.63. The number of allylic oxidation sites excluding steroid dienone is 1. The number of rotatable bonds is 5. The molecule has 5 rings (SSSR count). The first-order valence-electron chi connectivity index (χ1n) is 11.4. The number of Topliss-reactive ketones (excluding diaryl/α,β-unsaturated/α-hetero) is 1. The summed E-state index contributed by atoms with van der Waals surface area (Å²) in [6, 6.07) is 19.1. The van der Waals surface area contributed by atoms with Crippen LogP contribution in [-0.2, 0) is 13.0 Å². The molecule has 0 N–H and O–H groups in total. The lowest BCUT2D eigenvalue weighted by Gasteiger charge is -2.32. The van der Waals surface area contributed by atoms with Crippen LogP contribution in [0.4, 0.5) is 0 Å². The van der Waals surface area contributed by atoms with Gasteiger partial charge in [-0.1, -0.05) is 48.5 Å². The number of piperazine rings is 1. The van der Waals surface area contributed by atoms with Crippen molar-refractivity contribution in [2.45, 2.75) is 19.9 Å². The van der Waals surface area contributed by atoms with Crippen LogP contribution in [0.15, 0.2) is 66.9 Å². The maximum absolute atomic E-state index is 11.8. The van der Waals surface area contributed by atoms with Crippen LogP contribution in [0.2, 0.25) is 0 Å². The summed E-state index contributed by atoms with van der Waals surface area (Å²) in [5.74, 6) is 0.0919. The molecule has 32 heavy (non-hydrogen) atoms. The summed E-state index contributed by atoms with van der Waals surface area (Å²) < 4.78 is 0. The highest BCUT2D eigenvalue weighted by molar-refractivity contribution is 5.96. The van der Waals surface area contributed by atoms with E-state index in [0.29, 0.717) is 0 Å². The maximum Gasteiger partial charge on any atom is 0.159 e. The molecule has 162 valence electrons. The second-order valence-corrected chi connectivity index (χ2v) is 8.95. The molecule has 1 saturated heterocycles. The van der Waals surface area contributed by atoms with Gasteiger partial charge >= 0.3 is 0 Å². The van der Waals surface area contributed by atoms with Gasteiger partial charge in [-0.2, -0.15) is 0 Å². The minimum Gasteiger partial charge on any atom is -0.304 e. The van der Waals surface area contributed by atoms with Crippen molar-refractivity contribution in [3.8, 4) is 11.1 Å². The molecule has 1 fully saturated rings. The fourth-order valence-electron chi connectivity index (χ4n) is 4.60. The van der Waals surface area contributed by atoms with Crippen LogP contribution < -0.4 is 0 Å². The predicted molar refractivity (Wildman–Crippen MR) is 130 cm³/mol. The Hall–Kier alpha value is -3.08. The first-order valence-corrected chi connectivity index (χ1v) is 11.4. The van der Waals surface area contributed by atoms with Gasteiger partial charge in [0.15, 0.2) is 5.78 Å². The Morgan fingerprint density at radius 1 is 0.938 bits per heavy atom. The van der Waals surface area contributed by atoms with E-state index in [4.69, 9.17) is 4.98 Å². The number of ketones is 1. The monoisotopic (exact) mass is 423 g/mol. The molecule has 4 nitrogen and oxygen atoms in total. The van der Waals surface area contributed by atoms with Crippen molar-refractivity contribution in [3.05, 3.63) is 94.8 Å². The van der Waals surface area contributed by atoms with Crippen LogP contribution in [0.25, 0.3) is 16.7 Å². The summed E-state index contributed by atoms with van der Waals surface area (Å²) in [5, 5.41) is 0. The van der Waals surface area contributed by atoms with Crippen LogP contribution in [0.5, 0.6) is 0 Å². The molecule has 0 saturated carbocycles. The van der Waals surface area contributed by atoms with E-state index in [2.05, 4.69) is 59.3 Å². The van der Waals surface area contributed by atoms with Crippen molar-refractivity contribution in [1.29, 1.82) is 0 Å². The van der Waals surface area contributed by atoms with E-state index in [1.54, 1.807) is 6.92 Å². The topological polar surface area (TPSA) is 36.4 Å². The number of carbonyl (C=O) groups excluding carboxylic acids is 1. The van der Waals surface area contributed by atoms with Crippen molar-refractivity contribution in [1.82, 2.24) is 14.8 Å². The molecule has 1 aromatic heterocycles. The molecule has 0 bridgehead atoms. The predicted octanol–water partition coefficient (Wildman–Crippen LogP) is 4.69. The number of fused-ring (bicyclic) bond motifs is 1. The Kier molecular flexibility index (Phi) is 5.73. The van der Waals surface area contributed by atoms with Crippen molar-refractivity contribution in [2.24, 2.45) is 0 Å². The Labute approximate surface area is 190 Å². The lowest BCUT2D eigenvalue weighted by atomic mass is 9.96. The van der Waals surface area contributed by atoms with Crippen LogP contribution in [0, 0.1) is 0 Å². The molecule has 2 aliphatic rings. The van der Waals surface area contributed by atoms with Gasteiger partial charge in [-0.05, 0) is 48.4 Å². The molecular formula is C28H29N3O. The average molecular weight is 424 g/mol. The van der Waals surface area contributed by atoms with Crippen molar-refractivity contribution in [3.63, 3.8) is 0 Å². The van der Waals surface area contributed by atoms with E-state index in [9.17, 15) is 4.79 Å². The standard InChI is InChI=1S/C28H29N3O/c1-20(32)23-4-3-5-24(16-23)26-10-11-28-27(26)17-25(18-29-28)22-8-6-21(7-9-22)19-31-14-12-30(2)13-15-31/h3-10,16-18H,11-15,19H2,1-2H3. The molecule has 1 aliphatic heterocycles. The normalized spacial score (nSPS) is 16.6. The van der Waals surface area contributed by atoms with Gasteiger partial charge in [-0.3, -0.25) is 14.7 Å². The molecule has 0 radical (unpaired) electrons. The summed E-state index contributed by atoms with van der Waals surface area (Å²) in [4.78, 5) is 21.5. The number of hydrogen-bond acceptors (Lipinski definition) is 4. The van der Waals surface area contributed by atoms with E-state index in [0.717, 1.165) is 61.5 Å². The zero-order valence-electron chi connectivity index (χ0n) is 18.8. The fourth-order valence-corrected chi connectivity index (χ4v) is 4.60. The highest BCUT2D eigenvalue weighted by Crippen LogP contribution is 2.34. The third-order valence-electron chi connectivity index (χ3n) is 6.63. The van der Waals surface area contributed by atoms with Gasteiger partial charge in [-0.25, -0.2) is 0 Å². The van der Waals surface area contributed by atoms with Gasteiger partial charge in [0.1, 0.15) is 0 Å². The molecule has 4 heteroatoms. The highest BCUT2D eigenvalue weighted by Gasteiger charge is 2.19. The van der Waals surface area contributed by atoms with Gasteiger partial charge in [-0.15, -0.1) is 0 Å². The zero-order valence-corrected chi connectivity index (χ0v) is 18.8. The van der Waals surface area contributed by atoms with Gasteiger partial charge in [0.2, 0.25) is 0 Å². The number of carbonyl (C=O) groups is 1. The van der Waals surface area contributed by atoms with E-state index in [1.165, 1.54) is 22.3 Å². The van der Waals surface area contributed by atoms with Gasteiger partial charge in [0.25, 0.3) is 0 Å². The largest absolute Gasteiger partial charge is 0.304 e. The Morgan fingerprint density at radius 3 is 2.47 bits per heavy atom. The first-order chi connectivity index (χ1) is 15.6. The van der Waals surface area contributed by atoms with Crippen LogP contribution in [0.3, 0.4) is 0 Å². The highest BCUT2D eigenvalue weighted by atomic mass is 16.1. The summed E-state index contributed by atoms with van der Waals surface area (Å²) in [7, 11) is 2.19. The van der Waals surface area contributed by atoms with Crippen molar-refractivity contribution >= 4 is 11.4 Å². The van der Waals surface area contributed by atoms with Gasteiger partial charge < -0.3 is 4.90 Å². The summed E-state index contributed by atoms with van der Waals surface area (Å²) in [5.41, 5.74) is 8.94. The van der Waals surface area contributed by atoms with Crippen LogP contribution in [-0.4, -0.2) is 53.8 Å². The number of pyridine rings is 1. The lowest BCUT2D eigenvalue weighted by molar-refractivity contribution is 0.101. The number of aromatic nitrogens is 1. The number of benzene rings is 2. The number of likely N-dealkylation sites (N-methyl/N-ethyl adjacent to an activating group) is 1. The lowest BCUT2D eigenvalue weighted by Crippen LogP contribution is -2.43. The van der Waals surface area contributed by atoms with E-state index in [1.807, 2.05) is 24.4 Å². The number of hydrogen-bond donors (Lipinski definition) is 0. The smallest absolute Gasteiger partial charge is 0.159 e. The van der Waals surface area contributed by atoms with Crippen molar-refractivity contribution < 1.29 is 4.79 Å². The van der Waals surface area contributed by atoms with Crippen LogP contribution >= 0.6 is 0 Å². The maximum atomic E-state index is 11.8. The minimum absolute atomic E-state index is 0.0919. The summed E-state index contributed by atoms with van der Waals surface area (Å²) in [6.45, 7) is 7.17. The SMILES string of the molecule is CC(=O)c1cccc(C2=CCc3ncc(-c4ccc(CN5CCN(C)CC5)cc4)cc32)c1. The molecule has 0 amide bonds. The molecule has 0 unspecified atom stereocenters. The Bertz CT molecular complexity index is 1170. The molecule has 0 atom stereocenters. The second-order valence-electron chi connectivity index (χ2n) is 8.95. The third kappa shape index (κ3) is 4.29. The van der Waals surface area contributed by atoms with Gasteiger partial charge in [0.05, 0.1) is 5.69 Å². The van der Waals surface area contributed by atoms with Crippen LogP contribution in [0.1, 0.15) is 39.7 Å². The molecule has 3 aromatic rings. The molecule has 2 aromatic carbocycles. The Balaban J connectivity index is 1.36. The average Bonchev–Trinajstić information content (AvgIpc) is 3.24. The molecule has 0 spiro atoms. The summed E-state index contributed by atoms with van der Waals surface area (Å²) >= 11 is 0. The molecule has 2 heterocycles. The second kappa shape index (κ2) is 8.81. The summed E-state index contributed by atoms with van der Waals surface area (Å²) in [6.07, 6.45) is 5.04. The van der Waals surface area contributed by atoms with Gasteiger partial charge in [0, 0.05) is 62.0 Å². The number of nitrogens with zero attached hydrogens (tertiary/aromatic N) is 3. The van der Waals surface area contributed by atoms with E-state index in [-0.39, 0.29) is 5.78 Å². The zero-order chi connectivity index (χ0) is 22.1. The van der Waals surface area contributed by atoms with E-state index >= 15 is 0 Å². The first kappa shape index (κ1) is 20.8. The quantitative estimate of drug-likeness (QED) is 0.558. The molecular weight excluding hydrogens is 394 g/mol. The fraction of sp³-hybridized carbons (Fsp3) is 0.286. The Morgan fingerprint density at radius 2 is 1.72 bits per heavy atom.